The fourth-order valence-electron chi connectivity index (χ4n) is 0. The van der Waals surface area contributed by atoms with E-state index >= 15 is 0 Å². The van der Waals surface area contributed by atoms with Crippen molar-refractivity contribution in [2.24, 2.45) is 0 Å². The molecular weight excluding hydrogens is 168 g/mol. The predicted molar refractivity (Wildman–Crippen MR) is 50.8 cm³/mol. The van der Waals surface area contributed by atoms with E-state index in [1.165, 1.54) is 12.2 Å². The normalized spacial score (nSPS) is 6.40. The van der Waals surface area contributed by atoms with Crippen LogP contribution < -0.4 is 0 Å². The lowest BCUT2D eigenvalue weighted by molar-refractivity contribution is 0.573. The Morgan fingerprint density at radius 2 is 1.10 bits per heavy atom. The van der Waals surface area contributed by atoms with Gasteiger partial charge in [0, 0.05) is 0 Å². The number of rotatable bonds is 2. The largest absolute Gasteiger partial charge is 0.499 e. The minimum absolute atomic E-state index is 0.148. The van der Waals surface area contributed by atoms with E-state index in [1.54, 1.807) is 0 Å². The summed E-state index contributed by atoms with van der Waals surface area (Å²) in [6, 6.07) is 0. The highest BCUT2D eigenvalue weighted by Crippen LogP contribution is 1.64. The van der Waals surface area contributed by atoms with Crippen LogP contribution in [0.2, 0.25) is 0 Å². The molecule has 0 unspecified atom stereocenters. The van der Waals surface area contributed by atoms with Gasteiger partial charge in [0.25, 0.3) is 0 Å². The van der Waals surface area contributed by atoms with Crippen LogP contribution in [0.25, 0.3) is 0 Å². The zero-order chi connectivity index (χ0) is 8.57. The van der Waals surface area contributed by atoms with Gasteiger partial charge in [-0.1, -0.05) is 13.2 Å². The summed E-state index contributed by atoms with van der Waals surface area (Å²) in [7, 11) is 0. The van der Waals surface area contributed by atoms with Gasteiger partial charge in [0.05, 0.1) is 0 Å². The number of hydrogen-bond donors (Lipinski definition) is 2. The number of hydrogen-bond acceptors (Lipinski definition) is 2. The molecule has 0 saturated heterocycles. The Hall–Kier alpha value is -0.740. The average Bonchev–Trinajstić information content (AvgIpc) is 1.89. The van der Waals surface area contributed by atoms with Crippen molar-refractivity contribution in [3.63, 3.8) is 0 Å². The van der Waals surface area contributed by atoms with Gasteiger partial charge in [-0.25, -0.2) is 0 Å². The zero-order valence-corrected chi connectivity index (χ0v) is 6.91. The van der Waals surface area contributed by atoms with Crippen LogP contribution >= 0.6 is 24.4 Å². The van der Waals surface area contributed by atoms with Crippen molar-refractivity contribution >= 4 is 34.5 Å². The molecule has 0 radical (unpaired) electrons. The third-order valence-corrected chi connectivity index (χ3v) is 0.683. The van der Waals surface area contributed by atoms with Crippen LogP contribution in [0.5, 0.6) is 0 Å². The van der Waals surface area contributed by atoms with E-state index < -0.39 is 0 Å². The summed E-state index contributed by atoms with van der Waals surface area (Å²) in [5.74, 6) is 0. The Labute approximate surface area is 70.5 Å². The minimum Gasteiger partial charge on any atom is -0.499 e. The molecule has 0 aliphatic heterocycles. The SMILES string of the molecule is C=CC(O)=S.C=CC(O)=S. The van der Waals surface area contributed by atoms with E-state index in [0.29, 0.717) is 0 Å². The highest BCUT2D eigenvalue weighted by atomic mass is 32.1. The zero-order valence-electron chi connectivity index (χ0n) is 5.28. The molecule has 0 aliphatic rings. The van der Waals surface area contributed by atoms with E-state index in [1.807, 2.05) is 0 Å². The number of aliphatic hydroxyl groups is 2. The fourth-order valence-corrected chi connectivity index (χ4v) is 0. The van der Waals surface area contributed by atoms with Crippen molar-refractivity contribution in [3.05, 3.63) is 25.3 Å². The van der Waals surface area contributed by atoms with E-state index in [2.05, 4.69) is 37.6 Å². The molecule has 10 heavy (non-hydrogen) atoms. The van der Waals surface area contributed by atoms with Crippen molar-refractivity contribution in [1.82, 2.24) is 0 Å². The van der Waals surface area contributed by atoms with Crippen molar-refractivity contribution < 1.29 is 10.2 Å². The molecule has 2 N–H and O–H groups in total. The lowest BCUT2D eigenvalue weighted by Gasteiger charge is -1.69. The van der Waals surface area contributed by atoms with Gasteiger partial charge in [0.1, 0.15) is 0 Å². The van der Waals surface area contributed by atoms with Crippen LogP contribution in [0.3, 0.4) is 0 Å². The highest BCUT2D eigenvalue weighted by Gasteiger charge is 1.66. The molecule has 0 fully saturated rings. The molecule has 0 aromatic rings. The smallest absolute Gasteiger partial charge is 0.180 e. The van der Waals surface area contributed by atoms with Crippen molar-refractivity contribution in [2.75, 3.05) is 0 Å². The molecule has 0 heterocycles. The first-order chi connectivity index (χ1) is 4.54. The molecule has 0 atom stereocenters. The Kier molecular flexibility index (Phi) is 9.90. The van der Waals surface area contributed by atoms with Gasteiger partial charge < -0.3 is 10.2 Å². The molecule has 0 aromatic carbocycles. The first-order valence-electron chi connectivity index (χ1n) is 2.25. The Bertz CT molecular complexity index is 134. The first kappa shape index (κ1) is 12.0. The van der Waals surface area contributed by atoms with Crippen molar-refractivity contribution in [1.29, 1.82) is 0 Å². The van der Waals surface area contributed by atoms with Gasteiger partial charge in [0.15, 0.2) is 10.1 Å². The Balaban J connectivity index is 0. The lowest BCUT2D eigenvalue weighted by Crippen LogP contribution is -1.76. The summed E-state index contributed by atoms with van der Waals surface area (Å²) in [5.41, 5.74) is 0. The molecule has 0 aromatic heterocycles. The molecule has 4 heteroatoms. The van der Waals surface area contributed by atoms with Gasteiger partial charge in [-0.05, 0) is 36.6 Å². The van der Waals surface area contributed by atoms with Crippen LogP contribution in [0.4, 0.5) is 0 Å². The maximum Gasteiger partial charge on any atom is 0.180 e. The molecule has 0 aliphatic carbocycles. The van der Waals surface area contributed by atoms with Gasteiger partial charge >= 0.3 is 0 Å². The maximum absolute atomic E-state index is 7.97. The molecule has 2 nitrogen and oxygen atoms in total. The standard InChI is InChI=1S/2C3H4OS/c2*1-2-3(4)5/h2*2H,1H2,(H,4,5). The summed E-state index contributed by atoms with van der Waals surface area (Å²) < 4.78 is 0. The number of thiocarbonyl (C=S) groups is 2. The van der Waals surface area contributed by atoms with Gasteiger partial charge in [-0.3, -0.25) is 0 Å². The lowest BCUT2D eigenvalue weighted by atomic mass is 10.7. The summed E-state index contributed by atoms with van der Waals surface area (Å²) in [5, 5.41) is 15.7. The van der Waals surface area contributed by atoms with Crippen LogP contribution in [0.1, 0.15) is 0 Å². The highest BCUT2D eigenvalue weighted by molar-refractivity contribution is 7.80. The average molecular weight is 176 g/mol. The van der Waals surface area contributed by atoms with Crippen LogP contribution in [0, 0.1) is 0 Å². The van der Waals surface area contributed by atoms with Crippen molar-refractivity contribution in [2.45, 2.75) is 0 Å². The third-order valence-electron chi connectivity index (χ3n) is 0.349. The molecule has 56 valence electrons. The summed E-state index contributed by atoms with van der Waals surface area (Å²) in [6.45, 7) is 6.34. The molecule has 0 saturated carbocycles. The minimum atomic E-state index is -0.148. The Morgan fingerprint density at radius 3 is 1.10 bits per heavy atom. The molecule has 0 spiro atoms. The van der Waals surface area contributed by atoms with Gasteiger partial charge in [-0.15, -0.1) is 0 Å². The summed E-state index contributed by atoms with van der Waals surface area (Å²) >= 11 is 8.27. The topological polar surface area (TPSA) is 40.5 Å². The van der Waals surface area contributed by atoms with Crippen molar-refractivity contribution in [3.8, 4) is 0 Å². The van der Waals surface area contributed by atoms with E-state index in [-0.39, 0.29) is 10.1 Å². The van der Waals surface area contributed by atoms with E-state index in [0.717, 1.165) is 0 Å². The molecule has 0 bridgehead atoms. The molecule has 0 amide bonds. The molecular formula is C6H8O2S2. The predicted octanol–water partition coefficient (Wildman–Crippen LogP) is 2.12. The van der Waals surface area contributed by atoms with Crippen LogP contribution in [-0.2, 0) is 0 Å². The Morgan fingerprint density at radius 1 is 1.00 bits per heavy atom. The fraction of sp³-hybridized carbons (Fsp3) is 0. The first-order valence-corrected chi connectivity index (χ1v) is 3.07. The maximum atomic E-state index is 7.97. The van der Waals surface area contributed by atoms with Gasteiger partial charge in [-0.2, -0.15) is 0 Å². The second-order valence-electron chi connectivity index (χ2n) is 1.08. The second kappa shape index (κ2) is 8.26. The molecule has 0 rings (SSSR count). The third kappa shape index (κ3) is 26.8. The van der Waals surface area contributed by atoms with Crippen LogP contribution in [0.15, 0.2) is 25.3 Å². The summed E-state index contributed by atoms with van der Waals surface area (Å²) in [4.78, 5) is 0. The van der Waals surface area contributed by atoms with E-state index in [4.69, 9.17) is 10.2 Å². The quantitative estimate of drug-likeness (QED) is 0.499. The summed E-state index contributed by atoms with van der Waals surface area (Å²) in [6.07, 6.45) is 2.41. The number of aliphatic hydroxyl groups excluding tert-OH is 2. The second-order valence-corrected chi connectivity index (χ2v) is 1.92. The van der Waals surface area contributed by atoms with Gasteiger partial charge in [0.2, 0.25) is 0 Å². The van der Waals surface area contributed by atoms with E-state index in [9.17, 15) is 0 Å². The monoisotopic (exact) mass is 176 g/mol. The van der Waals surface area contributed by atoms with Crippen LogP contribution in [-0.4, -0.2) is 20.3 Å².